The molecule has 31 heavy (non-hydrogen) atoms. The summed E-state index contributed by atoms with van der Waals surface area (Å²) >= 11 is 0. The number of carbonyl (C=O) groups excluding carboxylic acids is 3. The molecule has 3 rings (SSSR count). The Bertz CT molecular complexity index is 1150. The zero-order valence-corrected chi connectivity index (χ0v) is 16.2. The van der Waals surface area contributed by atoms with Crippen LogP contribution in [-0.4, -0.2) is 23.8 Å². The van der Waals surface area contributed by atoms with Crippen molar-refractivity contribution in [2.24, 2.45) is 0 Å². The maximum absolute atomic E-state index is 13.7. The summed E-state index contributed by atoms with van der Waals surface area (Å²) < 4.78 is 45.2. The molecule has 1 N–H and O–H groups in total. The van der Waals surface area contributed by atoms with E-state index in [-0.39, 0.29) is 11.1 Å². The number of ketones is 1. The quantitative estimate of drug-likeness (QED) is 0.357. The molecule has 0 fully saturated rings. The van der Waals surface area contributed by atoms with Gasteiger partial charge in [-0.25, -0.2) is 18.0 Å². The first kappa shape index (κ1) is 21.8. The number of benzene rings is 3. The van der Waals surface area contributed by atoms with Gasteiger partial charge in [0.25, 0.3) is 5.91 Å². The van der Waals surface area contributed by atoms with Gasteiger partial charge in [0.05, 0.1) is 11.3 Å². The van der Waals surface area contributed by atoms with E-state index >= 15 is 0 Å². The Morgan fingerprint density at radius 3 is 2.10 bits per heavy atom. The van der Waals surface area contributed by atoms with Crippen molar-refractivity contribution in [3.63, 3.8) is 0 Å². The van der Waals surface area contributed by atoms with Crippen LogP contribution in [0.3, 0.4) is 0 Å². The van der Waals surface area contributed by atoms with Crippen molar-refractivity contribution in [2.75, 3.05) is 5.32 Å². The summed E-state index contributed by atoms with van der Waals surface area (Å²) in [5.41, 5.74) is -0.221. The Morgan fingerprint density at radius 2 is 1.42 bits per heavy atom. The molecule has 0 radical (unpaired) electrons. The normalized spacial score (nSPS) is 11.5. The highest BCUT2D eigenvalue weighted by atomic mass is 19.2. The maximum Gasteiger partial charge on any atom is 0.339 e. The van der Waals surface area contributed by atoms with Gasteiger partial charge in [-0.15, -0.1) is 0 Å². The van der Waals surface area contributed by atoms with Crippen molar-refractivity contribution >= 4 is 23.3 Å². The van der Waals surface area contributed by atoms with Crippen LogP contribution in [0.15, 0.2) is 66.7 Å². The Hall–Kier alpha value is -3.94. The zero-order chi connectivity index (χ0) is 22.5. The maximum atomic E-state index is 13.7. The molecule has 0 aliphatic carbocycles. The summed E-state index contributed by atoms with van der Waals surface area (Å²) in [6, 6.07) is 15.7. The average molecular weight is 427 g/mol. The smallest absolute Gasteiger partial charge is 0.339 e. The molecule has 1 unspecified atom stereocenters. The topological polar surface area (TPSA) is 72.5 Å². The summed E-state index contributed by atoms with van der Waals surface area (Å²) in [6.45, 7) is 1.21. The van der Waals surface area contributed by atoms with Gasteiger partial charge in [-0.05, 0) is 25.1 Å². The fourth-order valence-electron chi connectivity index (χ4n) is 2.74. The molecule has 3 aromatic carbocycles. The summed E-state index contributed by atoms with van der Waals surface area (Å²) in [5, 5.41) is 2.03. The first-order valence-electron chi connectivity index (χ1n) is 9.13. The molecule has 0 heterocycles. The van der Waals surface area contributed by atoms with Crippen LogP contribution in [-0.2, 0) is 9.53 Å². The molecule has 0 saturated heterocycles. The highest BCUT2D eigenvalue weighted by molar-refractivity contribution is 6.14. The van der Waals surface area contributed by atoms with E-state index in [1.807, 2.05) is 5.32 Å². The van der Waals surface area contributed by atoms with Crippen molar-refractivity contribution in [3.05, 3.63) is 101 Å². The molecule has 0 aliphatic heterocycles. The van der Waals surface area contributed by atoms with Crippen LogP contribution in [0.25, 0.3) is 0 Å². The molecular weight excluding hydrogens is 411 g/mol. The van der Waals surface area contributed by atoms with E-state index in [1.165, 1.54) is 25.1 Å². The Morgan fingerprint density at radius 1 is 0.806 bits per heavy atom. The first-order chi connectivity index (χ1) is 14.8. The number of nitrogens with one attached hydrogen (secondary N) is 1. The number of amides is 1. The molecule has 0 spiro atoms. The van der Waals surface area contributed by atoms with E-state index in [0.29, 0.717) is 11.6 Å². The van der Waals surface area contributed by atoms with Crippen LogP contribution >= 0.6 is 0 Å². The van der Waals surface area contributed by atoms with Gasteiger partial charge >= 0.3 is 5.97 Å². The number of hydrogen-bond acceptors (Lipinski definition) is 4. The van der Waals surface area contributed by atoms with E-state index in [9.17, 15) is 27.6 Å². The Labute approximate surface area is 175 Å². The summed E-state index contributed by atoms with van der Waals surface area (Å²) in [5.74, 6) is -7.05. The van der Waals surface area contributed by atoms with Gasteiger partial charge in [-0.1, -0.05) is 48.5 Å². The lowest BCUT2D eigenvalue weighted by Crippen LogP contribution is -2.31. The number of ether oxygens (including phenoxy) is 1. The molecule has 158 valence electrons. The standard InChI is InChI=1S/C23H16F3NO4/c1-13(22(29)27-18-12-11-17(24)19(25)20(18)26)31-23(30)16-10-6-5-9-15(16)21(28)14-7-3-2-4-8-14/h2-13H,1H3,(H,27,29). The molecule has 8 heteroatoms. The van der Waals surface area contributed by atoms with Crippen molar-refractivity contribution in [2.45, 2.75) is 13.0 Å². The average Bonchev–Trinajstić information content (AvgIpc) is 2.79. The van der Waals surface area contributed by atoms with Crippen LogP contribution in [0.5, 0.6) is 0 Å². The second-order valence-electron chi connectivity index (χ2n) is 6.50. The van der Waals surface area contributed by atoms with Crippen LogP contribution in [0, 0.1) is 17.5 Å². The lowest BCUT2D eigenvalue weighted by molar-refractivity contribution is -0.123. The lowest BCUT2D eigenvalue weighted by Gasteiger charge is -2.15. The van der Waals surface area contributed by atoms with E-state index in [1.54, 1.807) is 36.4 Å². The number of anilines is 1. The van der Waals surface area contributed by atoms with Crippen LogP contribution in [0.1, 0.15) is 33.2 Å². The minimum atomic E-state index is -1.74. The molecule has 0 aliphatic rings. The van der Waals surface area contributed by atoms with Crippen LogP contribution in [0.2, 0.25) is 0 Å². The minimum absolute atomic E-state index is 0.0602. The third-order valence-electron chi connectivity index (χ3n) is 4.37. The second-order valence-corrected chi connectivity index (χ2v) is 6.50. The van der Waals surface area contributed by atoms with E-state index < -0.39 is 46.9 Å². The summed E-state index contributed by atoms with van der Waals surface area (Å²) in [6.07, 6.45) is -1.42. The number of esters is 1. The third-order valence-corrected chi connectivity index (χ3v) is 4.37. The molecule has 0 saturated carbocycles. The van der Waals surface area contributed by atoms with Gasteiger partial charge < -0.3 is 10.1 Å². The molecule has 0 aromatic heterocycles. The second kappa shape index (κ2) is 9.25. The molecule has 1 atom stereocenters. The first-order valence-corrected chi connectivity index (χ1v) is 9.13. The molecule has 5 nitrogen and oxygen atoms in total. The van der Waals surface area contributed by atoms with Gasteiger partial charge in [-0.2, -0.15) is 0 Å². The van der Waals surface area contributed by atoms with Gasteiger partial charge in [0.2, 0.25) is 0 Å². The van der Waals surface area contributed by atoms with E-state index in [0.717, 1.165) is 6.07 Å². The zero-order valence-electron chi connectivity index (χ0n) is 16.2. The number of halogens is 3. The summed E-state index contributed by atoms with van der Waals surface area (Å²) in [4.78, 5) is 37.6. The summed E-state index contributed by atoms with van der Waals surface area (Å²) in [7, 11) is 0. The van der Waals surface area contributed by atoms with Crippen molar-refractivity contribution in [3.8, 4) is 0 Å². The van der Waals surface area contributed by atoms with Gasteiger partial charge in [0.1, 0.15) is 0 Å². The highest BCUT2D eigenvalue weighted by Gasteiger charge is 2.24. The van der Waals surface area contributed by atoms with Gasteiger partial charge in [0.15, 0.2) is 29.3 Å². The van der Waals surface area contributed by atoms with E-state index in [2.05, 4.69) is 0 Å². The largest absolute Gasteiger partial charge is 0.449 e. The Balaban J connectivity index is 1.75. The van der Waals surface area contributed by atoms with Gasteiger partial charge in [0, 0.05) is 11.1 Å². The number of hydrogen-bond donors (Lipinski definition) is 1. The van der Waals surface area contributed by atoms with Crippen molar-refractivity contribution < 1.29 is 32.3 Å². The fraction of sp³-hybridized carbons (Fsp3) is 0.0870. The highest BCUT2D eigenvalue weighted by Crippen LogP contribution is 2.21. The fourth-order valence-corrected chi connectivity index (χ4v) is 2.74. The molecule has 3 aromatic rings. The lowest BCUT2D eigenvalue weighted by atomic mass is 9.98. The third kappa shape index (κ3) is 4.80. The Kier molecular flexibility index (Phi) is 6.49. The molecule has 0 bridgehead atoms. The molecule has 1 amide bonds. The predicted molar refractivity (Wildman–Crippen MR) is 106 cm³/mol. The van der Waals surface area contributed by atoms with Crippen LogP contribution < -0.4 is 5.32 Å². The number of carbonyl (C=O) groups is 3. The number of rotatable bonds is 6. The predicted octanol–water partition coefficient (Wildman–Crippen LogP) is 4.52. The van der Waals surface area contributed by atoms with E-state index in [4.69, 9.17) is 4.74 Å². The van der Waals surface area contributed by atoms with Crippen molar-refractivity contribution in [1.82, 2.24) is 0 Å². The molecular formula is C23H16F3NO4. The monoisotopic (exact) mass is 427 g/mol. The van der Waals surface area contributed by atoms with Gasteiger partial charge in [-0.3, -0.25) is 9.59 Å². The van der Waals surface area contributed by atoms with Crippen molar-refractivity contribution in [1.29, 1.82) is 0 Å². The van der Waals surface area contributed by atoms with Crippen LogP contribution in [0.4, 0.5) is 18.9 Å². The minimum Gasteiger partial charge on any atom is -0.449 e. The SMILES string of the molecule is CC(OC(=O)c1ccccc1C(=O)c1ccccc1)C(=O)Nc1ccc(F)c(F)c1F.